The molecule has 0 aliphatic heterocycles. The number of hydrazine groups is 1. The Balaban J connectivity index is 2.34. The predicted molar refractivity (Wildman–Crippen MR) is 93.7 cm³/mol. The lowest BCUT2D eigenvalue weighted by Gasteiger charge is -2.13. The van der Waals surface area contributed by atoms with Gasteiger partial charge in [-0.05, 0) is 29.3 Å². The second kappa shape index (κ2) is 6.74. The molecule has 0 aliphatic carbocycles. The third kappa shape index (κ3) is 3.47. The first-order valence-electron chi connectivity index (χ1n) is 7.40. The molecule has 0 saturated carbocycles. The first-order chi connectivity index (χ1) is 13.0. The summed E-state index contributed by atoms with van der Waals surface area (Å²) in [6.07, 6.45) is -3.53. The average Bonchev–Trinajstić information content (AvgIpc) is 3.04. The van der Waals surface area contributed by atoms with Crippen LogP contribution in [0, 0.1) is 0 Å². The molecule has 0 unspecified atom stereocenters. The Morgan fingerprint density at radius 2 is 1.96 bits per heavy atom. The van der Waals surface area contributed by atoms with Crippen molar-refractivity contribution in [2.45, 2.75) is 11.2 Å². The molecule has 28 heavy (non-hydrogen) atoms. The maximum atomic E-state index is 13.2. The summed E-state index contributed by atoms with van der Waals surface area (Å²) in [7, 11) is -4.33. The summed E-state index contributed by atoms with van der Waals surface area (Å²) in [6.45, 7) is 0. The normalized spacial score (nSPS) is 13.1. The lowest BCUT2D eigenvalue weighted by Crippen LogP contribution is -2.27. The van der Waals surface area contributed by atoms with Crippen molar-refractivity contribution < 1.29 is 21.6 Å². The van der Waals surface area contributed by atoms with Crippen molar-refractivity contribution in [3.8, 4) is 11.1 Å². The van der Waals surface area contributed by atoms with Crippen LogP contribution in [0.2, 0.25) is 0 Å². The van der Waals surface area contributed by atoms with Gasteiger partial charge >= 0.3 is 6.18 Å². The van der Waals surface area contributed by atoms with Gasteiger partial charge in [0.15, 0.2) is 10.9 Å². The minimum atomic E-state index is -4.66. The molecule has 0 bridgehead atoms. The van der Waals surface area contributed by atoms with Crippen molar-refractivity contribution in [1.29, 1.82) is 0 Å². The molecule has 10 nitrogen and oxygen atoms in total. The van der Waals surface area contributed by atoms with Gasteiger partial charge in [-0.2, -0.15) is 18.3 Å². The van der Waals surface area contributed by atoms with Gasteiger partial charge in [0, 0.05) is 11.6 Å². The molecule has 0 fully saturated rings. The number of benzene rings is 1. The van der Waals surface area contributed by atoms with Crippen LogP contribution in [0.25, 0.3) is 22.0 Å². The maximum absolute atomic E-state index is 13.2. The van der Waals surface area contributed by atoms with Gasteiger partial charge in [-0.3, -0.25) is 5.10 Å². The van der Waals surface area contributed by atoms with Crippen LogP contribution in [0.4, 0.5) is 13.2 Å². The first kappa shape index (κ1) is 19.5. The van der Waals surface area contributed by atoms with E-state index in [1.807, 2.05) is 10.6 Å². The standard InChI is InChI=1S/C14H13F3N8O2S/c15-14(16,17)11-8-5-6(1-2-9(8)22-23-11)7-3-4-21-13(28(20,26)27)10(7)12(18)24-25-19/h1-5,25H,19H2,(H2,18,24)(H,22,23)(H2,20,26,27). The fraction of sp³-hybridized carbons (Fsp3) is 0.0714. The summed E-state index contributed by atoms with van der Waals surface area (Å²) < 4.78 is 63.3. The van der Waals surface area contributed by atoms with Crippen LogP contribution in [0.1, 0.15) is 11.3 Å². The Kier molecular flexibility index (Phi) is 4.70. The van der Waals surface area contributed by atoms with Gasteiger partial charge in [0.2, 0.25) is 0 Å². The highest BCUT2D eigenvalue weighted by atomic mass is 32.2. The van der Waals surface area contributed by atoms with E-state index in [-0.39, 0.29) is 33.4 Å². The molecular weight excluding hydrogens is 401 g/mol. The van der Waals surface area contributed by atoms with Crippen molar-refractivity contribution in [3.05, 3.63) is 41.7 Å². The second-order valence-electron chi connectivity index (χ2n) is 5.54. The van der Waals surface area contributed by atoms with Crippen LogP contribution in [0.3, 0.4) is 0 Å². The van der Waals surface area contributed by atoms with E-state index in [1.54, 1.807) is 0 Å². The Hall–Kier alpha value is -3.23. The summed E-state index contributed by atoms with van der Waals surface area (Å²) in [5, 5.41) is 13.5. The lowest BCUT2D eigenvalue weighted by molar-refractivity contribution is -0.139. The number of hydrogen-bond donors (Lipinski definition) is 5. The molecule has 3 rings (SSSR count). The number of hydrazone groups is 1. The van der Waals surface area contributed by atoms with E-state index in [0.29, 0.717) is 0 Å². The number of fused-ring (bicyclic) bond motifs is 1. The number of hydrogen-bond acceptors (Lipinski definition) is 7. The molecule has 0 amide bonds. The molecular formula is C14H13F3N8O2S. The van der Waals surface area contributed by atoms with Crippen LogP contribution in [-0.2, 0) is 16.2 Å². The van der Waals surface area contributed by atoms with E-state index < -0.39 is 26.9 Å². The Labute approximate surface area is 155 Å². The lowest BCUT2D eigenvalue weighted by atomic mass is 9.99. The summed E-state index contributed by atoms with van der Waals surface area (Å²) in [5.74, 6) is 4.71. The minimum absolute atomic E-state index is 0.0728. The van der Waals surface area contributed by atoms with E-state index in [2.05, 4.69) is 15.2 Å². The van der Waals surface area contributed by atoms with Gasteiger partial charge in [-0.25, -0.2) is 29.9 Å². The molecule has 1 aromatic carbocycles. The van der Waals surface area contributed by atoms with E-state index >= 15 is 0 Å². The maximum Gasteiger partial charge on any atom is 0.433 e. The number of pyridine rings is 1. The Morgan fingerprint density at radius 1 is 1.25 bits per heavy atom. The van der Waals surface area contributed by atoms with Crippen molar-refractivity contribution in [2.75, 3.05) is 0 Å². The topological polar surface area (TPSA) is 178 Å². The van der Waals surface area contributed by atoms with Gasteiger partial charge in [-0.1, -0.05) is 6.07 Å². The van der Waals surface area contributed by atoms with Gasteiger partial charge in [0.25, 0.3) is 10.0 Å². The zero-order valence-corrected chi connectivity index (χ0v) is 14.6. The number of amidine groups is 1. The molecule has 0 saturated heterocycles. The number of sulfonamides is 1. The Bertz CT molecular complexity index is 1190. The van der Waals surface area contributed by atoms with Gasteiger partial charge in [-0.15, -0.1) is 5.10 Å². The highest BCUT2D eigenvalue weighted by molar-refractivity contribution is 7.89. The van der Waals surface area contributed by atoms with Crippen LogP contribution < -0.4 is 22.3 Å². The monoisotopic (exact) mass is 414 g/mol. The van der Waals surface area contributed by atoms with Crippen LogP contribution in [0.5, 0.6) is 0 Å². The van der Waals surface area contributed by atoms with Gasteiger partial charge < -0.3 is 5.73 Å². The summed E-state index contributed by atoms with van der Waals surface area (Å²) >= 11 is 0. The third-order valence-electron chi connectivity index (χ3n) is 3.78. The molecule has 2 heterocycles. The van der Waals surface area contributed by atoms with Crippen molar-refractivity contribution >= 4 is 26.8 Å². The number of aromatic amines is 1. The van der Waals surface area contributed by atoms with Crippen molar-refractivity contribution in [3.63, 3.8) is 0 Å². The van der Waals surface area contributed by atoms with Crippen LogP contribution in [-0.4, -0.2) is 29.4 Å². The van der Waals surface area contributed by atoms with Crippen molar-refractivity contribution in [1.82, 2.24) is 20.7 Å². The highest BCUT2D eigenvalue weighted by Gasteiger charge is 2.35. The molecule has 0 atom stereocenters. The van der Waals surface area contributed by atoms with Crippen LogP contribution in [0.15, 0.2) is 40.6 Å². The highest BCUT2D eigenvalue weighted by Crippen LogP contribution is 2.36. The van der Waals surface area contributed by atoms with Gasteiger partial charge in [0.05, 0.1) is 11.1 Å². The Morgan fingerprint density at radius 3 is 2.57 bits per heavy atom. The number of nitrogens with zero attached hydrogens (tertiary/aromatic N) is 3. The third-order valence-corrected chi connectivity index (χ3v) is 4.62. The molecule has 8 N–H and O–H groups in total. The van der Waals surface area contributed by atoms with E-state index in [9.17, 15) is 21.6 Å². The van der Waals surface area contributed by atoms with E-state index in [1.165, 1.54) is 24.3 Å². The summed E-state index contributed by atoms with van der Waals surface area (Å²) in [6, 6.07) is 5.33. The first-order valence-corrected chi connectivity index (χ1v) is 8.95. The van der Waals surface area contributed by atoms with E-state index in [4.69, 9.17) is 16.7 Å². The summed E-state index contributed by atoms with van der Waals surface area (Å²) in [5.41, 5.74) is 6.85. The number of nitrogens with two attached hydrogens (primary N) is 3. The zero-order valence-electron chi connectivity index (χ0n) is 13.8. The second-order valence-corrected chi connectivity index (χ2v) is 7.01. The van der Waals surface area contributed by atoms with Crippen LogP contribution >= 0.6 is 0 Å². The predicted octanol–water partition coefficient (Wildman–Crippen LogP) is 0.375. The van der Waals surface area contributed by atoms with Gasteiger partial charge in [0.1, 0.15) is 5.69 Å². The SMILES string of the molecule is NN/N=C(\N)c1c(-c2ccc3n[nH]c(C(F)(F)F)c3c2)ccnc1S(N)(=O)=O. The molecule has 14 heteroatoms. The quantitative estimate of drug-likeness (QED) is 0.177. The molecule has 3 aromatic rings. The number of H-pyrrole nitrogens is 1. The zero-order chi connectivity index (χ0) is 20.7. The molecule has 0 radical (unpaired) electrons. The minimum Gasteiger partial charge on any atom is -0.382 e. The largest absolute Gasteiger partial charge is 0.433 e. The summed E-state index contributed by atoms with van der Waals surface area (Å²) in [4.78, 5) is 3.71. The molecule has 0 spiro atoms. The molecule has 2 aromatic heterocycles. The number of halogens is 3. The fourth-order valence-electron chi connectivity index (χ4n) is 2.67. The van der Waals surface area contributed by atoms with E-state index in [0.717, 1.165) is 6.20 Å². The smallest absolute Gasteiger partial charge is 0.382 e. The fourth-order valence-corrected chi connectivity index (χ4v) is 3.37. The average molecular weight is 414 g/mol. The number of rotatable bonds is 4. The number of nitrogens with one attached hydrogen (secondary N) is 2. The number of alkyl halides is 3. The number of primary sulfonamides is 1. The molecule has 148 valence electrons. The van der Waals surface area contributed by atoms with Crippen molar-refractivity contribution in [2.24, 2.45) is 21.8 Å². The number of aromatic nitrogens is 3. The molecule has 0 aliphatic rings.